The third-order valence-corrected chi connectivity index (χ3v) is 4.79. The smallest absolute Gasteiger partial charge is 0.318 e. The Kier molecular flexibility index (Phi) is 4.36. The highest BCUT2D eigenvalue weighted by Crippen LogP contribution is 2.32. The summed E-state index contributed by atoms with van der Waals surface area (Å²) in [7, 11) is 0. The molecule has 2 amide bonds. The van der Waals surface area contributed by atoms with Crippen molar-refractivity contribution in [2.45, 2.75) is 50.6 Å². The van der Waals surface area contributed by atoms with Crippen molar-refractivity contribution in [1.29, 1.82) is 0 Å². The van der Waals surface area contributed by atoms with Crippen molar-refractivity contribution in [2.24, 2.45) is 5.92 Å². The highest BCUT2D eigenvalue weighted by Gasteiger charge is 2.34. The Balaban J connectivity index is 1.55. The van der Waals surface area contributed by atoms with E-state index < -0.39 is 5.97 Å². The summed E-state index contributed by atoms with van der Waals surface area (Å²) < 4.78 is 5.44. The van der Waals surface area contributed by atoms with Gasteiger partial charge in [0, 0.05) is 12.6 Å². The maximum absolute atomic E-state index is 12.5. The van der Waals surface area contributed by atoms with E-state index in [9.17, 15) is 9.59 Å². The molecule has 6 heteroatoms. The number of furan rings is 1. The fourth-order valence-electron chi connectivity index (χ4n) is 3.53. The van der Waals surface area contributed by atoms with Crippen molar-refractivity contribution in [2.75, 3.05) is 6.54 Å². The van der Waals surface area contributed by atoms with Gasteiger partial charge in [-0.1, -0.05) is 0 Å². The number of carboxylic acids is 1. The molecule has 1 saturated carbocycles. The molecule has 1 aromatic heterocycles. The van der Waals surface area contributed by atoms with Gasteiger partial charge < -0.3 is 19.7 Å². The third-order valence-electron chi connectivity index (χ3n) is 4.79. The molecule has 1 aliphatic heterocycles. The third kappa shape index (κ3) is 3.10. The molecule has 1 saturated heterocycles. The van der Waals surface area contributed by atoms with Gasteiger partial charge in [-0.15, -0.1) is 0 Å². The van der Waals surface area contributed by atoms with Crippen LogP contribution in [0.25, 0.3) is 0 Å². The van der Waals surface area contributed by atoms with Crippen LogP contribution in [0.5, 0.6) is 0 Å². The lowest BCUT2D eigenvalue weighted by Gasteiger charge is -2.30. The minimum Gasteiger partial charge on any atom is -0.481 e. The number of rotatable bonds is 3. The molecule has 2 heterocycles. The second-order valence-electron chi connectivity index (χ2n) is 6.20. The van der Waals surface area contributed by atoms with Crippen LogP contribution in [0.1, 0.15) is 50.3 Å². The molecule has 2 N–H and O–H groups in total. The van der Waals surface area contributed by atoms with Crippen molar-refractivity contribution in [1.82, 2.24) is 10.2 Å². The van der Waals surface area contributed by atoms with Crippen LogP contribution >= 0.6 is 0 Å². The second kappa shape index (κ2) is 6.42. The highest BCUT2D eigenvalue weighted by atomic mass is 16.4. The number of urea groups is 1. The van der Waals surface area contributed by atoms with Gasteiger partial charge >= 0.3 is 12.0 Å². The fourth-order valence-corrected chi connectivity index (χ4v) is 3.53. The van der Waals surface area contributed by atoms with E-state index in [0.29, 0.717) is 12.8 Å². The van der Waals surface area contributed by atoms with E-state index in [1.165, 1.54) is 0 Å². The van der Waals surface area contributed by atoms with E-state index in [2.05, 4.69) is 5.32 Å². The average molecular weight is 306 g/mol. The van der Waals surface area contributed by atoms with E-state index in [0.717, 1.165) is 38.0 Å². The maximum Gasteiger partial charge on any atom is 0.318 e. The first-order valence-corrected chi connectivity index (χ1v) is 7.98. The lowest BCUT2D eigenvalue weighted by molar-refractivity contribution is -0.142. The molecule has 1 aliphatic carbocycles. The predicted molar refractivity (Wildman–Crippen MR) is 79.3 cm³/mol. The van der Waals surface area contributed by atoms with E-state index >= 15 is 0 Å². The van der Waals surface area contributed by atoms with Gasteiger partial charge in [0.05, 0.1) is 18.2 Å². The number of aliphatic carboxylic acids is 1. The summed E-state index contributed by atoms with van der Waals surface area (Å²) in [5.74, 6) is -0.139. The van der Waals surface area contributed by atoms with Gasteiger partial charge in [-0.2, -0.15) is 0 Å². The van der Waals surface area contributed by atoms with Gasteiger partial charge in [0.1, 0.15) is 5.76 Å². The van der Waals surface area contributed by atoms with E-state index in [1.807, 2.05) is 17.0 Å². The standard InChI is InChI=1S/C16H22N2O4/c19-15(20)11-5-7-12(8-6-11)17-16(21)18-9-1-3-13(18)14-4-2-10-22-14/h2,4,10-13H,1,3,5-9H2,(H,17,21)(H,19,20). The van der Waals surface area contributed by atoms with Crippen LogP contribution in [-0.4, -0.2) is 34.6 Å². The molecule has 0 bridgehead atoms. The predicted octanol–water partition coefficient (Wildman–Crippen LogP) is 2.77. The summed E-state index contributed by atoms with van der Waals surface area (Å²) in [5.41, 5.74) is 0. The zero-order valence-electron chi connectivity index (χ0n) is 12.5. The summed E-state index contributed by atoms with van der Waals surface area (Å²) >= 11 is 0. The summed E-state index contributed by atoms with van der Waals surface area (Å²) in [4.78, 5) is 25.3. The Morgan fingerprint density at radius 2 is 2.00 bits per heavy atom. The van der Waals surface area contributed by atoms with Crippen molar-refractivity contribution in [3.8, 4) is 0 Å². The zero-order valence-corrected chi connectivity index (χ0v) is 12.5. The summed E-state index contributed by atoms with van der Waals surface area (Å²) in [5, 5.41) is 12.1. The highest BCUT2D eigenvalue weighted by molar-refractivity contribution is 5.75. The van der Waals surface area contributed by atoms with Crippen LogP contribution in [0.2, 0.25) is 0 Å². The lowest BCUT2D eigenvalue weighted by Crippen LogP contribution is -2.46. The number of likely N-dealkylation sites (tertiary alicyclic amines) is 1. The van der Waals surface area contributed by atoms with Crippen LogP contribution in [-0.2, 0) is 4.79 Å². The van der Waals surface area contributed by atoms with Crippen LogP contribution in [0.3, 0.4) is 0 Å². The number of hydrogen-bond acceptors (Lipinski definition) is 3. The number of carboxylic acid groups (broad SMARTS) is 1. The molecule has 22 heavy (non-hydrogen) atoms. The second-order valence-corrected chi connectivity index (χ2v) is 6.20. The lowest BCUT2D eigenvalue weighted by atomic mass is 9.86. The van der Waals surface area contributed by atoms with E-state index in [-0.39, 0.29) is 24.0 Å². The Bertz CT molecular complexity index is 520. The molecule has 2 aliphatic rings. The van der Waals surface area contributed by atoms with E-state index in [4.69, 9.17) is 9.52 Å². The van der Waals surface area contributed by atoms with Gasteiger partial charge in [-0.25, -0.2) is 4.79 Å². The number of hydrogen-bond donors (Lipinski definition) is 2. The Morgan fingerprint density at radius 3 is 2.64 bits per heavy atom. The molecule has 1 unspecified atom stereocenters. The van der Waals surface area contributed by atoms with E-state index in [1.54, 1.807) is 6.26 Å². The SMILES string of the molecule is O=C(O)C1CCC(NC(=O)N2CCCC2c2ccco2)CC1. The molecule has 1 aromatic rings. The monoisotopic (exact) mass is 306 g/mol. The van der Waals surface area contributed by atoms with Gasteiger partial charge in [0.15, 0.2) is 0 Å². The molecule has 0 radical (unpaired) electrons. The Hall–Kier alpha value is -1.98. The van der Waals surface area contributed by atoms with Gasteiger partial charge in [0.2, 0.25) is 0 Å². The first-order chi connectivity index (χ1) is 10.6. The average Bonchev–Trinajstić information content (AvgIpc) is 3.18. The largest absolute Gasteiger partial charge is 0.481 e. The molecule has 120 valence electrons. The first kappa shape index (κ1) is 14.9. The fraction of sp³-hybridized carbons (Fsp3) is 0.625. The minimum absolute atomic E-state index is 0.0189. The molecule has 3 rings (SSSR count). The number of carbonyl (C=O) groups is 2. The van der Waals surface area contributed by atoms with Gasteiger partial charge in [0.25, 0.3) is 0 Å². The Morgan fingerprint density at radius 1 is 1.23 bits per heavy atom. The quantitative estimate of drug-likeness (QED) is 0.899. The summed E-state index contributed by atoms with van der Waals surface area (Å²) in [6.45, 7) is 0.738. The minimum atomic E-state index is -0.720. The van der Waals surface area contributed by atoms with Crippen molar-refractivity contribution < 1.29 is 19.1 Å². The summed E-state index contributed by atoms with van der Waals surface area (Å²) in [6, 6.07) is 3.80. The van der Waals surface area contributed by atoms with Crippen LogP contribution < -0.4 is 5.32 Å². The number of amides is 2. The summed E-state index contributed by atoms with van der Waals surface area (Å²) in [6.07, 6.45) is 6.29. The Labute approximate surface area is 129 Å². The van der Waals surface area contributed by atoms with Crippen molar-refractivity contribution in [3.63, 3.8) is 0 Å². The van der Waals surface area contributed by atoms with Crippen molar-refractivity contribution >= 4 is 12.0 Å². The van der Waals surface area contributed by atoms with Crippen molar-refractivity contribution in [3.05, 3.63) is 24.2 Å². The van der Waals surface area contributed by atoms with Crippen LogP contribution in [0, 0.1) is 5.92 Å². The first-order valence-electron chi connectivity index (χ1n) is 7.98. The molecule has 0 spiro atoms. The van der Waals surface area contributed by atoms with Crippen LogP contribution in [0.15, 0.2) is 22.8 Å². The molecule has 2 fully saturated rings. The topological polar surface area (TPSA) is 82.8 Å². The maximum atomic E-state index is 12.5. The van der Waals surface area contributed by atoms with Gasteiger partial charge in [-0.05, 0) is 50.7 Å². The molecular formula is C16H22N2O4. The van der Waals surface area contributed by atoms with Crippen LogP contribution in [0.4, 0.5) is 4.79 Å². The molecular weight excluding hydrogens is 284 g/mol. The number of nitrogens with one attached hydrogen (secondary N) is 1. The number of nitrogens with zero attached hydrogens (tertiary/aromatic N) is 1. The molecule has 6 nitrogen and oxygen atoms in total. The van der Waals surface area contributed by atoms with Gasteiger partial charge in [-0.3, -0.25) is 4.79 Å². The molecule has 1 atom stereocenters. The normalized spacial score (nSPS) is 28.5. The molecule has 0 aromatic carbocycles. The number of carbonyl (C=O) groups excluding carboxylic acids is 1. The zero-order chi connectivity index (χ0) is 15.5.